The molecule has 1 unspecified atom stereocenters. The van der Waals surface area contributed by atoms with E-state index in [0.717, 1.165) is 54.5 Å². The fraction of sp³-hybridized carbons (Fsp3) is 0.522. The Morgan fingerprint density at radius 1 is 1.21 bits per heavy atom. The van der Waals surface area contributed by atoms with Crippen LogP contribution in [0.3, 0.4) is 0 Å². The normalized spacial score (nSPS) is 19.3. The highest BCUT2D eigenvalue weighted by Crippen LogP contribution is 2.31. The van der Waals surface area contributed by atoms with Gasteiger partial charge in [-0.05, 0) is 58.2 Å². The summed E-state index contributed by atoms with van der Waals surface area (Å²) < 4.78 is 5.87. The van der Waals surface area contributed by atoms with Crippen LogP contribution in [0.25, 0.3) is 0 Å². The lowest BCUT2D eigenvalue weighted by molar-refractivity contribution is 0.0109. The highest BCUT2D eigenvalue weighted by atomic mass is 16.5. The average Bonchev–Trinajstić information content (AvgIpc) is 3.10. The Morgan fingerprint density at radius 2 is 2.03 bits per heavy atom. The van der Waals surface area contributed by atoms with Crippen LogP contribution in [-0.4, -0.2) is 45.6 Å². The summed E-state index contributed by atoms with van der Waals surface area (Å²) in [5.74, 6) is 1.98. The number of rotatable bonds is 5. The summed E-state index contributed by atoms with van der Waals surface area (Å²) in [5, 5.41) is 10.4. The summed E-state index contributed by atoms with van der Waals surface area (Å²) in [6.07, 6.45) is 3.83. The van der Waals surface area contributed by atoms with Gasteiger partial charge in [-0.3, -0.25) is 4.99 Å². The standard InChI is InChI=1S/C23H30N4O2/c1-15(2)29-18-8-7-16-12-24-22(19(16)10-18)20-11-21(26-14-25-20)27-9-5-6-17(13-27)23(3,4)28/h7-8,10-11,14-15,17,28H,5-6,9,12-13H2,1-4H3. The number of piperidine rings is 1. The van der Waals surface area contributed by atoms with Crippen molar-refractivity contribution in [3.8, 4) is 5.75 Å². The number of aromatic nitrogens is 2. The van der Waals surface area contributed by atoms with E-state index >= 15 is 0 Å². The molecule has 6 heteroatoms. The minimum Gasteiger partial charge on any atom is -0.491 e. The van der Waals surface area contributed by atoms with E-state index in [9.17, 15) is 5.11 Å². The molecule has 2 aliphatic rings. The van der Waals surface area contributed by atoms with Crippen molar-refractivity contribution in [2.45, 2.75) is 58.8 Å². The van der Waals surface area contributed by atoms with Gasteiger partial charge in [0.2, 0.25) is 0 Å². The van der Waals surface area contributed by atoms with Crippen molar-refractivity contribution in [1.29, 1.82) is 0 Å². The largest absolute Gasteiger partial charge is 0.491 e. The second kappa shape index (κ2) is 7.75. The number of ether oxygens (including phenoxy) is 1. The molecule has 0 saturated carbocycles. The van der Waals surface area contributed by atoms with Crippen molar-refractivity contribution in [2.24, 2.45) is 10.9 Å². The topological polar surface area (TPSA) is 70.8 Å². The van der Waals surface area contributed by atoms with Crippen LogP contribution in [-0.2, 0) is 6.54 Å². The summed E-state index contributed by atoms with van der Waals surface area (Å²) in [4.78, 5) is 16.0. The summed E-state index contributed by atoms with van der Waals surface area (Å²) in [5.41, 5.74) is 3.32. The van der Waals surface area contributed by atoms with Gasteiger partial charge in [-0.1, -0.05) is 6.07 Å². The Labute approximate surface area is 172 Å². The van der Waals surface area contributed by atoms with Crippen LogP contribution < -0.4 is 9.64 Å². The Balaban J connectivity index is 1.59. The molecule has 2 aliphatic heterocycles. The Hall–Kier alpha value is -2.47. The van der Waals surface area contributed by atoms with E-state index in [1.807, 2.05) is 39.8 Å². The van der Waals surface area contributed by atoms with Crippen LogP contribution in [0.2, 0.25) is 0 Å². The van der Waals surface area contributed by atoms with E-state index in [-0.39, 0.29) is 12.0 Å². The van der Waals surface area contributed by atoms with Crippen LogP contribution in [0.1, 0.15) is 57.4 Å². The minimum atomic E-state index is -0.685. The first-order valence-corrected chi connectivity index (χ1v) is 10.5. The van der Waals surface area contributed by atoms with Gasteiger partial charge >= 0.3 is 0 Å². The second-order valence-corrected chi connectivity index (χ2v) is 8.85. The quantitative estimate of drug-likeness (QED) is 0.839. The van der Waals surface area contributed by atoms with Crippen molar-refractivity contribution in [2.75, 3.05) is 18.0 Å². The predicted molar refractivity (Wildman–Crippen MR) is 115 cm³/mol. The molecule has 29 heavy (non-hydrogen) atoms. The third kappa shape index (κ3) is 4.27. The molecule has 4 rings (SSSR count). The Morgan fingerprint density at radius 3 is 2.79 bits per heavy atom. The van der Waals surface area contributed by atoms with Crippen LogP contribution in [0.15, 0.2) is 35.6 Å². The number of fused-ring (bicyclic) bond motifs is 1. The van der Waals surface area contributed by atoms with E-state index in [2.05, 4.69) is 27.0 Å². The van der Waals surface area contributed by atoms with Gasteiger partial charge in [-0.2, -0.15) is 0 Å². The first kappa shape index (κ1) is 19.8. The van der Waals surface area contributed by atoms with Crippen molar-refractivity contribution in [1.82, 2.24) is 9.97 Å². The number of benzene rings is 1. The van der Waals surface area contributed by atoms with E-state index in [1.165, 1.54) is 5.56 Å². The van der Waals surface area contributed by atoms with Gasteiger partial charge in [0.25, 0.3) is 0 Å². The van der Waals surface area contributed by atoms with Gasteiger partial charge in [-0.15, -0.1) is 0 Å². The van der Waals surface area contributed by atoms with E-state index < -0.39 is 5.60 Å². The minimum absolute atomic E-state index is 0.128. The molecule has 1 saturated heterocycles. The average molecular weight is 395 g/mol. The molecule has 2 aromatic rings. The van der Waals surface area contributed by atoms with Gasteiger partial charge in [0.1, 0.15) is 17.9 Å². The van der Waals surface area contributed by atoms with Crippen molar-refractivity contribution in [3.63, 3.8) is 0 Å². The number of aliphatic hydroxyl groups is 1. The molecule has 6 nitrogen and oxygen atoms in total. The molecule has 1 aromatic carbocycles. The highest BCUT2D eigenvalue weighted by Gasteiger charge is 2.32. The van der Waals surface area contributed by atoms with Crippen molar-refractivity contribution >= 4 is 11.5 Å². The van der Waals surface area contributed by atoms with Crippen LogP contribution >= 0.6 is 0 Å². The first-order valence-electron chi connectivity index (χ1n) is 10.5. The molecular formula is C23H30N4O2. The molecule has 0 amide bonds. The van der Waals surface area contributed by atoms with Gasteiger partial charge in [-0.25, -0.2) is 9.97 Å². The lowest BCUT2D eigenvalue weighted by atomic mass is 9.84. The van der Waals surface area contributed by atoms with Crippen molar-refractivity contribution < 1.29 is 9.84 Å². The van der Waals surface area contributed by atoms with Gasteiger partial charge in [0.15, 0.2) is 0 Å². The monoisotopic (exact) mass is 394 g/mol. The molecule has 1 fully saturated rings. The fourth-order valence-electron chi connectivity index (χ4n) is 4.14. The number of hydrogen-bond donors (Lipinski definition) is 1. The summed E-state index contributed by atoms with van der Waals surface area (Å²) in [6.45, 7) is 10.3. The first-order chi connectivity index (χ1) is 13.8. The number of hydrogen-bond acceptors (Lipinski definition) is 6. The maximum atomic E-state index is 10.4. The third-order valence-electron chi connectivity index (χ3n) is 5.76. The van der Waals surface area contributed by atoms with E-state index in [4.69, 9.17) is 9.73 Å². The molecule has 0 bridgehead atoms. The molecule has 0 spiro atoms. The molecular weight excluding hydrogens is 364 g/mol. The molecule has 1 atom stereocenters. The zero-order chi connectivity index (χ0) is 20.6. The zero-order valence-corrected chi connectivity index (χ0v) is 17.7. The smallest absolute Gasteiger partial charge is 0.132 e. The summed E-state index contributed by atoms with van der Waals surface area (Å²) in [7, 11) is 0. The molecule has 1 aromatic heterocycles. The van der Waals surface area contributed by atoms with Gasteiger partial charge in [0.05, 0.1) is 29.7 Å². The molecule has 1 N–H and O–H groups in total. The van der Waals surface area contributed by atoms with Crippen LogP contribution in [0, 0.1) is 5.92 Å². The lowest BCUT2D eigenvalue weighted by Gasteiger charge is -2.39. The second-order valence-electron chi connectivity index (χ2n) is 8.85. The SMILES string of the molecule is CC(C)Oc1ccc2c(c1)C(c1cc(N3CCCC(C(C)(C)O)C3)ncn1)=NC2. The summed E-state index contributed by atoms with van der Waals surface area (Å²) in [6, 6.07) is 8.18. The van der Waals surface area contributed by atoms with Gasteiger partial charge < -0.3 is 14.7 Å². The maximum Gasteiger partial charge on any atom is 0.132 e. The van der Waals surface area contributed by atoms with E-state index in [0.29, 0.717) is 6.54 Å². The maximum absolute atomic E-state index is 10.4. The summed E-state index contributed by atoms with van der Waals surface area (Å²) >= 11 is 0. The van der Waals surface area contributed by atoms with E-state index in [1.54, 1.807) is 6.33 Å². The third-order valence-corrected chi connectivity index (χ3v) is 5.76. The molecule has 3 heterocycles. The fourth-order valence-corrected chi connectivity index (χ4v) is 4.14. The molecule has 0 radical (unpaired) electrons. The van der Waals surface area contributed by atoms with Gasteiger partial charge in [0, 0.05) is 30.6 Å². The Kier molecular flexibility index (Phi) is 5.30. The number of anilines is 1. The highest BCUT2D eigenvalue weighted by molar-refractivity contribution is 6.14. The Bertz CT molecular complexity index is 917. The number of nitrogens with zero attached hydrogens (tertiary/aromatic N) is 4. The molecule has 154 valence electrons. The van der Waals surface area contributed by atoms with Crippen LogP contribution in [0.4, 0.5) is 5.82 Å². The molecule has 0 aliphatic carbocycles. The van der Waals surface area contributed by atoms with Crippen LogP contribution in [0.5, 0.6) is 5.75 Å². The zero-order valence-electron chi connectivity index (χ0n) is 17.7. The van der Waals surface area contributed by atoms with Crippen molar-refractivity contribution in [3.05, 3.63) is 47.4 Å². The number of aliphatic imine (C=N–C) groups is 1. The lowest BCUT2D eigenvalue weighted by Crippen LogP contribution is -2.45. The predicted octanol–water partition coefficient (Wildman–Crippen LogP) is 3.60.